The highest BCUT2D eigenvalue weighted by Gasteiger charge is 2.51. The number of anilines is 1. The van der Waals surface area contributed by atoms with E-state index >= 15 is 0 Å². The smallest absolute Gasteiger partial charge is 0.266 e. The van der Waals surface area contributed by atoms with E-state index in [4.69, 9.17) is 15.2 Å². The number of rotatable bonds is 7. The van der Waals surface area contributed by atoms with Crippen molar-refractivity contribution in [3.8, 4) is 11.5 Å². The lowest BCUT2D eigenvalue weighted by atomic mass is 10.0. The van der Waals surface area contributed by atoms with E-state index in [1.54, 1.807) is 42.9 Å². The Kier molecular flexibility index (Phi) is 7.66. The second kappa shape index (κ2) is 10.9. The molecular formula is C26H26BrFN4O2S2. The van der Waals surface area contributed by atoms with Crippen LogP contribution in [0.5, 0.6) is 11.5 Å². The molecule has 3 heterocycles. The van der Waals surface area contributed by atoms with E-state index < -0.39 is 5.06 Å². The summed E-state index contributed by atoms with van der Waals surface area (Å²) in [5, 5.41) is 2.42. The van der Waals surface area contributed by atoms with Gasteiger partial charge in [0.1, 0.15) is 23.1 Å². The van der Waals surface area contributed by atoms with E-state index in [0.29, 0.717) is 16.0 Å². The predicted molar refractivity (Wildman–Crippen MR) is 147 cm³/mol. The van der Waals surface area contributed by atoms with Gasteiger partial charge in [0.05, 0.1) is 21.4 Å². The molecule has 1 saturated heterocycles. The number of piperidine rings is 1. The summed E-state index contributed by atoms with van der Waals surface area (Å²) in [5.41, 5.74) is 7.22. The number of ether oxygens (including phenoxy) is 2. The molecule has 0 amide bonds. The summed E-state index contributed by atoms with van der Waals surface area (Å²) in [6.45, 7) is 1.83. The fraction of sp³-hybridized carbons (Fsp3) is 0.269. The van der Waals surface area contributed by atoms with Crippen LogP contribution in [0.2, 0.25) is 0 Å². The molecule has 1 fully saturated rings. The third kappa shape index (κ3) is 5.18. The van der Waals surface area contributed by atoms with Gasteiger partial charge in [0.2, 0.25) is 0 Å². The molecule has 36 heavy (non-hydrogen) atoms. The molecule has 1 unspecified atom stereocenters. The maximum absolute atomic E-state index is 13.9. The molecule has 0 aliphatic carbocycles. The number of hydrogen-bond donors (Lipinski definition) is 2. The van der Waals surface area contributed by atoms with Crippen molar-refractivity contribution < 1.29 is 13.9 Å². The zero-order valence-electron chi connectivity index (χ0n) is 19.6. The van der Waals surface area contributed by atoms with E-state index in [1.165, 1.54) is 12.1 Å². The third-order valence-corrected chi connectivity index (χ3v) is 9.12. The molecule has 5 rings (SSSR count). The van der Waals surface area contributed by atoms with Gasteiger partial charge in [-0.3, -0.25) is 0 Å². The average molecular weight is 590 g/mol. The van der Waals surface area contributed by atoms with Crippen LogP contribution in [-0.4, -0.2) is 36.1 Å². The molecule has 10 heteroatoms. The highest BCUT2D eigenvalue weighted by Crippen LogP contribution is 2.57. The molecule has 1 aromatic heterocycles. The molecule has 0 spiro atoms. The van der Waals surface area contributed by atoms with Crippen molar-refractivity contribution in [2.75, 3.05) is 25.9 Å². The topological polar surface area (TPSA) is 72.6 Å². The van der Waals surface area contributed by atoms with Gasteiger partial charge >= 0.3 is 0 Å². The zero-order chi connectivity index (χ0) is 25.1. The maximum Gasteiger partial charge on any atom is 0.266 e. The van der Waals surface area contributed by atoms with Crippen molar-refractivity contribution in [3.05, 3.63) is 87.1 Å². The van der Waals surface area contributed by atoms with Crippen LogP contribution in [-0.2, 0) is 5.06 Å². The van der Waals surface area contributed by atoms with Crippen LogP contribution in [0.4, 0.5) is 10.2 Å². The van der Waals surface area contributed by atoms with Gasteiger partial charge in [-0.1, -0.05) is 17.8 Å². The number of nitrogens with one attached hydrogen (secondary N) is 1. The van der Waals surface area contributed by atoms with Gasteiger partial charge in [0.25, 0.3) is 5.06 Å². The lowest BCUT2D eigenvalue weighted by molar-refractivity contribution is -0.00763. The Bertz CT molecular complexity index is 1270. The van der Waals surface area contributed by atoms with Crippen LogP contribution in [0.15, 0.2) is 80.6 Å². The van der Waals surface area contributed by atoms with Gasteiger partial charge in [-0.25, -0.2) is 9.37 Å². The average Bonchev–Trinajstić information content (AvgIpc) is 3.25. The summed E-state index contributed by atoms with van der Waals surface area (Å²) in [6, 6.07) is 16.4. The Morgan fingerprint density at radius 2 is 2.03 bits per heavy atom. The first-order chi connectivity index (χ1) is 17.5. The van der Waals surface area contributed by atoms with Crippen molar-refractivity contribution in [3.63, 3.8) is 0 Å². The SMILES string of the molecule is COc1cccc(SC2=CN(C3CCNCC3)C(Oc3ccc(F)cc3Br)(c3cccnc3N)S2)c1. The predicted octanol–water partition coefficient (Wildman–Crippen LogP) is 6.16. The summed E-state index contributed by atoms with van der Waals surface area (Å²) in [5.74, 6) is 1.37. The minimum atomic E-state index is -1.03. The Balaban J connectivity index is 1.60. The monoisotopic (exact) mass is 588 g/mol. The molecule has 0 radical (unpaired) electrons. The molecule has 2 aliphatic heterocycles. The lowest BCUT2D eigenvalue weighted by Gasteiger charge is -2.44. The van der Waals surface area contributed by atoms with Crippen LogP contribution in [0.1, 0.15) is 18.4 Å². The van der Waals surface area contributed by atoms with Crippen LogP contribution in [0.25, 0.3) is 0 Å². The van der Waals surface area contributed by atoms with E-state index in [0.717, 1.165) is 46.4 Å². The van der Waals surface area contributed by atoms with Crippen LogP contribution < -0.4 is 20.5 Å². The standard InChI is InChI=1S/C26H26BrFN4O2S2/c1-33-19-4-2-5-20(15-19)35-24-16-32(18-9-12-30-13-10-18)26(36-24,21-6-3-11-31-25(21)29)34-23-8-7-17(28)14-22(23)27/h2-8,11,14-16,18,30H,9-10,12-13H2,1H3,(H2,29,31). The first-order valence-corrected chi connectivity index (χ1v) is 14.0. The van der Waals surface area contributed by atoms with Gasteiger partial charge < -0.3 is 25.4 Å². The Hall–Kier alpha value is -2.40. The first-order valence-electron chi connectivity index (χ1n) is 11.6. The third-order valence-electron chi connectivity index (χ3n) is 6.11. The number of halogens is 2. The van der Waals surface area contributed by atoms with E-state index in [9.17, 15) is 4.39 Å². The highest BCUT2D eigenvalue weighted by atomic mass is 79.9. The second-order valence-corrected chi connectivity index (χ2v) is 11.8. The van der Waals surface area contributed by atoms with Gasteiger partial charge in [0, 0.05) is 23.3 Å². The van der Waals surface area contributed by atoms with Crippen molar-refractivity contribution in [1.29, 1.82) is 0 Å². The van der Waals surface area contributed by atoms with E-state index in [-0.39, 0.29) is 11.9 Å². The van der Waals surface area contributed by atoms with Crippen molar-refractivity contribution in [2.24, 2.45) is 0 Å². The van der Waals surface area contributed by atoms with E-state index in [1.807, 2.05) is 30.3 Å². The summed E-state index contributed by atoms with van der Waals surface area (Å²) in [4.78, 5) is 7.71. The second-order valence-electron chi connectivity index (χ2n) is 8.41. The van der Waals surface area contributed by atoms with Crippen molar-refractivity contribution in [2.45, 2.75) is 28.8 Å². The van der Waals surface area contributed by atoms with Crippen molar-refractivity contribution >= 4 is 45.3 Å². The number of methoxy groups -OCH3 is 1. The number of nitrogen functional groups attached to an aromatic ring is 1. The largest absolute Gasteiger partial charge is 0.497 e. The normalized spacial score (nSPS) is 20.3. The summed E-state index contributed by atoms with van der Waals surface area (Å²) in [7, 11) is 1.66. The number of aromatic nitrogens is 1. The molecule has 2 aliphatic rings. The Morgan fingerprint density at radius 3 is 2.78 bits per heavy atom. The molecule has 6 nitrogen and oxygen atoms in total. The first kappa shape index (κ1) is 25.3. The lowest BCUT2D eigenvalue weighted by Crippen LogP contribution is -2.51. The van der Waals surface area contributed by atoms with Gasteiger partial charge in [-0.15, -0.1) is 0 Å². The molecule has 0 bridgehead atoms. The number of hydrogen-bond acceptors (Lipinski definition) is 8. The fourth-order valence-corrected chi connectivity index (χ4v) is 7.49. The van der Waals surface area contributed by atoms with Gasteiger partial charge in [-0.2, -0.15) is 0 Å². The van der Waals surface area contributed by atoms with Crippen LogP contribution in [0.3, 0.4) is 0 Å². The van der Waals surface area contributed by atoms with Gasteiger partial charge in [0.15, 0.2) is 0 Å². The molecule has 3 N–H and O–H groups in total. The summed E-state index contributed by atoms with van der Waals surface area (Å²) >= 11 is 6.70. The summed E-state index contributed by atoms with van der Waals surface area (Å²) in [6.07, 6.45) is 5.73. The molecule has 3 aromatic rings. The number of nitrogens with two attached hydrogens (primary N) is 1. The van der Waals surface area contributed by atoms with Gasteiger partial charge in [-0.05, 0) is 102 Å². The molecule has 1 atom stereocenters. The van der Waals surface area contributed by atoms with Crippen LogP contribution >= 0.6 is 39.5 Å². The fourth-order valence-electron chi connectivity index (χ4n) is 4.39. The maximum atomic E-state index is 13.9. The number of thioether (sulfide) groups is 2. The minimum absolute atomic E-state index is 0.209. The van der Waals surface area contributed by atoms with E-state index in [2.05, 4.69) is 43.4 Å². The molecule has 0 saturated carbocycles. The number of pyridine rings is 1. The highest BCUT2D eigenvalue weighted by molar-refractivity contribution is 9.10. The number of benzene rings is 2. The Labute approximate surface area is 227 Å². The van der Waals surface area contributed by atoms with Crippen molar-refractivity contribution in [1.82, 2.24) is 15.2 Å². The Morgan fingerprint density at radius 1 is 1.19 bits per heavy atom. The van der Waals surface area contributed by atoms with Crippen LogP contribution in [0, 0.1) is 5.82 Å². The molecule has 188 valence electrons. The molecule has 2 aromatic carbocycles. The minimum Gasteiger partial charge on any atom is -0.497 e. The quantitative estimate of drug-likeness (QED) is 0.340. The molecular weight excluding hydrogens is 563 g/mol. The number of nitrogens with zero attached hydrogens (tertiary/aromatic N) is 2. The zero-order valence-corrected chi connectivity index (χ0v) is 22.8. The summed E-state index contributed by atoms with van der Waals surface area (Å²) < 4.78 is 27.8.